The van der Waals surface area contributed by atoms with E-state index in [1.54, 1.807) is 6.07 Å². The Hall–Kier alpha value is -3.38. The van der Waals surface area contributed by atoms with Gasteiger partial charge in [0.2, 0.25) is 0 Å². The maximum atomic E-state index is 13.4. The van der Waals surface area contributed by atoms with Crippen LogP contribution in [0.5, 0.6) is 0 Å². The molecule has 4 aliphatic rings. The van der Waals surface area contributed by atoms with E-state index in [1.165, 1.54) is 52.9 Å². The first-order valence-electron chi connectivity index (χ1n) is 17.4. The van der Waals surface area contributed by atoms with Gasteiger partial charge in [-0.25, -0.2) is 0 Å². The maximum Gasteiger partial charge on any atom is 0.251 e. The monoisotopic (exact) mass is 671 g/mol. The van der Waals surface area contributed by atoms with E-state index in [4.69, 9.17) is 9.73 Å². The number of ether oxygens (including phenoxy) is 1. The van der Waals surface area contributed by atoms with Gasteiger partial charge in [-0.1, -0.05) is 51.1 Å². The van der Waals surface area contributed by atoms with Crippen LogP contribution in [0.2, 0.25) is 13.1 Å². The zero-order chi connectivity index (χ0) is 34.2. The Bertz CT molecular complexity index is 1670. The van der Waals surface area contributed by atoms with Gasteiger partial charge in [0, 0.05) is 30.9 Å². The highest BCUT2D eigenvalue weighted by Crippen LogP contribution is 2.43. The summed E-state index contributed by atoms with van der Waals surface area (Å²) in [7, 11) is -2.14. The fourth-order valence-corrected chi connectivity index (χ4v) is 10.6. The molecule has 1 amide bonds. The quantitative estimate of drug-likeness (QED) is 0.204. The number of rotatable bonds is 9. The number of aliphatic hydroxyl groups is 4. The van der Waals surface area contributed by atoms with E-state index in [0.717, 1.165) is 48.5 Å². The Kier molecular flexibility index (Phi) is 10.2. The fourth-order valence-electron chi connectivity index (χ4n) is 7.53. The van der Waals surface area contributed by atoms with Crippen molar-refractivity contribution in [1.82, 2.24) is 5.32 Å². The number of hydrogen-bond acceptors (Lipinski definition) is 8. The number of amides is 1. The van der Waals surface area contributed by atoms with Gasteiger partial charge in [0.25, 0.3) is 5.91 Å². The highest BCUT2D eigenvalue weighted by molar-refractivity contribution is 6.98. The van der Waals surface area contributed by atoms with Crippen LogP contribution in [0.4, 0.5) is 5.69 Å². The van der Waals surface area contributed by atoms with E-state index in [9.17, 15) is 25.2 Å². The average molecular weight is 672 g/mol. The molecule has 2 saturated heterocycles. The van der Waals surface area contributed by atoms with E-state index >= 15 is 0 Å². The minimum absolute atomic E-state index is 0.353. The molecule has 48 heavy (non-hydrogen) atoms. The van der Waals surface area contributed by atoms with Crippen molar-refractivity contribution in [3.05, 3.63) is 87.6 Å². The third-order valence-electron chi connectivity index (χ3n) is 10.4. The molecular formula is C38H49N3O6Si. The van der Waals surface area contributed by atoms with Crippen molar-refractivity contribution in [3.8, 4) is 0 Å². The summed E-state index contributed by atoms with van der Waals surface area (Å²) in [5.41, 5.74) is 8.19. The van der Waals surface area contributed by atoms with Gasteiger partial charge in [-0.15, -0.1) is 0 Å². The van der Waals surface area contributed by atoms with E-state index in [1.807, 2.05) is 19.1 Å². The summed E-state index contributed by atoms with van der Waals surface area (Å²) in [5.74, 6) is -0.515. The van der Waals surface area contributed by atoms with Crippen LogP contribution in [0.25, 0.3) is 5.57 Å². The molecule has 1 aliphatic carbocycles. The molecule has 0 bridgehead atoms. The molecule has 3 aliphatic heterocycles. The zero-order valence-electron chi connectivity index (χ0n) is 28.4. The summed E-state index contributed by atoms with van der Waals surface area (Å²) in [4.78, 5) is 20.8. The average Bonchev–Trinajstić information content (AvgIpc) is 3.63. The third-order valence-corrected chi connectivity index (χ3v) is 13.9. The number of hydrogen-bond donors (Lipinski definition) is 5. The molecule has 5 N–H and O–H groups in total. The number of anilines is 1. The topological polar surface area (TPSA) is 135 Å². The SMILES string of the molecule is CCCCC/N=C1/C=CC2=C(c3ccc(C(=O)N[C@@H]4[C@@H](O)[C@H](O)[C@@H](CO)O[C@@H]4O)cc3C)c3ccc(N4CCCC4)cc3[Si](C)(C)C2=C1. The number of nitrogens with one attached hydrogen (secondary N) is 1. The molecule has 10 heteroatoms. The molecule has 3 heterocycles. The minimum atomic E-state index is -2.14. The van der Waals surface area contributed by atoms with Crippen LogP contribution in [-0.2, 0) is 4.74 Å². The second kappa shape index (κ2) is 14.2. The number of unbranched alkanes of at least 4 members (excludes halogenated alkanes) is 2. The Balaban J connectivity index is 1.38. The standard InChI is InChI=1S/C38H49N3O6Si/c1-5-6-7-16-39-25-11-14-28-31(20-25)48(3,4)32-21-26(41-17-8-9-18-41)12-15-29(32)33(28)27-13-10-24(19-23(27)2)37(45)40-34-36(44)35(43)30(22-42)47-38(34)46/h10-15,19-21,30,34-36,38,42-44,46H,5-9,16-18,22H2,1-4H3,(H,40,45)/b39-25-/t30-,34-,35-,36-,38+/m1/s1. The Morgan fingerprint density at radius 1 is 1.02 bits per heavy atom. The first-order chi connectivity index (χ1) is 23.0. The summed E-state index contributed by atoms with van der Waals surface area (Å²) >= 11 is 0. The van der Waals surface area contributed by atoms with E-state index in [-0.39, 0.29) is 0 Å². The van der Waals surface area contributed by atoms with Gasteiger partial charge >= 0.3 is 0 Å². The predicted octanol–water partition coefficient (Wildman–Crippen LogP) is 3.52. The highest BCUT2D eigenvalue weighted by atomic mass is 28.3. The van der Waals surface area contributed by atoms with Gasteiger partial charge in [0.1, 0.15) is 32.4 Å². The number of fused-ring (bicyclic) bond motifs is 2. The van der Waals surface area contributed by atoms with Crippen molar-refractivity contribution >= 4 is 36.1 Å². The second-order valence-corrected chi connectivity index (χ2v) is 18.3. The van der Waals surface area contributed by atoms with Crippen LogP contribution in [0.3, 0.4) is 0 Å². The molecular weight excluding hydrogens is 623 g/mol. The lowest BCUT2D eigenvalue weighted by Gasteiger charge is -2.40. The zero-order valence-corrected chi connectivity index (χ0v) is 29.4. The number of allylic oxidation sites excluding steroid dienone is 5. The number of carbonyl (C=O) groups excluding carboxylic acids is 1. The summed E-state index contributed by atoms with van der Waals surface area (Å²) in [5, 5.41) is 46.0. The summed E-state index contributed by atoms with van der Waals surface area (Å²) in [6, 6.07) is 11.3. The van der Waals surface area contributed by atoms with Gasteiger partial charge in [-0.05, 0) is 101 Å². The predicted molar refractivity (Wildman–Crippen MR) is 192 cm³/mol. The van der Waals surface area contributed by atoms with Crippen LogP contribution in [0.15, 0.2) is 70.4 Å². The van der Waals surface area contributed by atoms with Crippen LogP contribution in [0, 0.1) is 6.92 Å². The first kappa shape index (κ1) is 34.5. The Labute approximate surface area is 284 Å². The van der Waals surface area contributed by atoms with E-state index < -0.39 is 51.2 Å². The van der Waals surface area contributed by atoms with Crippen LogP contribution >= 0.6 is 0 Å². The summed E-state index contributed by atoms with van der Waals surface area (Å²) in [6.45, 7) is 11.5. The number of aliphatic imine (C=N–C) groups is 1. The lowest BCUT2D eigenvalue weighted by atomic mass is 9.87. The Morgan fingerprint density at radius 3 is 2.48 bits per heavy atom. The molecule has 2 aromatic rings. The molecule has 256 valence electrons. The van der Waals surface area contributed by atoms with Crippen LogP contribution < -0.4 is 15.4 Å². The molecule has 0 spiro atoms. The van der Waals surface area contributed by atoms with Crippen molar-refractivity contribution < 1.29 is 30.0 Å². The number of carbonyl (C=O) groups is 1. The van der Waals surface area contributed by atoms with Gasteiger partial charge in [-0.2, -0.15) is 0 Å². The molecule has 0 unspecified atom stereocenters. The van der Waals surface area contributed by atoms with Crippen molar-refractivity contribution in [3.63, 3.8) is 0 Å². The maximum absolute atomic E-state index is 13.4. The molecule has 5 atom stereocenters. The fraction of sp³-hybridized carbons (Fsp3) is 0.474. The van der Waals surface area contributed by atoms with Crippen molar-refractivity contribution in [2.75, 3.05) is 31.1 Å². The summed E-state index contributed by atoms with van der Waals surface area (Å²) < 4.78 is 5.23. The molecule has 0 radical (unpaired) electrons. The molecule has 6 rings (SSSR count). The van der Waals surface area contributed by atoms with Gasteiger partial charge < -0.3 is 35.4 Å². The highest BCUT2D eigenvalue weighted by Gasteiger charge is 2.44. The lowest BCUT2D eigenvalue weighted by Crippen LogP contribution is -2.64. The van der Waals surface area contributed by atoms with E-state index in [0.29, 0.717) is 5.56 Å². The number of aliphatic hydroxyl groups excluding tert-OH is 4. The van der Waals surface area contributed by atoms with Crippen molar-refractivity contribution in [2.24, 2.45) is 4.99 Å². The summed E-state index contributed by atoms with van der Waals surface area (Å²) in [6.07, 6.45) is 6.84. The number of benzene rings is 2. The number of aryl methyl sites for hydroxylation is 1. The molecule has 2 aromatic carbocycles. The van der Waals surface area contributed by atoms with Crippen molar-refractivity contribution in [1.29, 1.82) is 0 Å². The van der Waals surface area contributed by atoms with Gasteiger partial charge in [0.05, 0.1) is 12.3 Å². The lowest BCUT2D eigenvalue weighted by molar-refractivity contribution is -0.252. The smallest absolute Gasteiger partial charge is 0.251 e. The normalized spacial score (nSPS) is 27.2. The van der Waals surface area contributed by atoms with Gasteiger partial charge in [-0.3, -0.25) is 9.79 Å². The Morgan fingerprint density at radius 2 is 1.77 bits per heavy atom. The first-order valence-corrected chi connectivity index (χ1v) is 20.4. The van der Waals surface area contributed by atoms with Gasteiger partial charge in [0.15, 0.2) is 6.29 Å². The third kappa shape index (κ3) is 6.49. The molecule has 0 saturated carbocycles. The molecule has 2 fully saturated rings. The van der Waals surface area contributed by atoms with Crippen LogP contribution in [-0.4, -0.2) is 97.0 Å². The molecule has 9 nitrogen and oxygen atoms in total. The van der Waals surface area contributed by atoms with Crippen LogP contribution in [0.1, 0.15) is 66.1 Å². The molecule has 0 aromatic heterocycles. The number of nitrogens with zero attached hydrogens (tertiary/aromatic N) is 2. The second-order valence-electron chi connectivity index (χ2n) is 14.0. The minimum Gasteiger partial charge on any atom is -0.394 e. The van der Waals surface area contributed by atoms with Crippen molar-refractivity contribution in [2.45, 2.75) is 89.7 Å². The van der Waals surface area contributed by atoms with E-state index in [2.05, 4.69) is 66.7 Å². The largest absolute Gasteiger partial charge is 0.394 e.